The van der Waals surface area contributed by atoms with Crippen molar-refractivity contribution in [1.29, 1.82) is 0 Å². The zero-order chi connectivity index (χ0) is 16.2. The van der Waals surface area contributed by atoms with Crippen LogP contribution in [0.4, 0.5) is 0 Å². The van der Waals surface area contributed by atoms with Crippen molar-refractivity contribution in [3.63, 3.8) is 0 Å². The Bertz CT molecular complexity index is 695. The zero-order valence-corrected chi connectivity index (χ0v) is 13.1. The second-order valence-corrected chi connectivity index (χ2v) is 5.61. The standard InChI is InChI=1S/C18H20N2O2/c1-5-11-18(3,4)22-17(21)16-12-19-13-20(16)14(2)15-9-7-6-8-10-15/h6-14H,1H2,2-4H3/t14-/m1/s1. The molecule has 0 aliphatic rings. The lowest BCUT2D eigenvalue weighted by molar-refractivity contribution is 0.0161. The van der Waals surface area contributed by atoms with E-state index in [2.05, 4.69) is 17.3 Å². The van der Waals surface area contributed by atoms with Crippen LogP contribution in [-0.2, 0) is 4.74 Å². The van der Waals surface area contributed by atoms with Gasteiger partial charge in [-0.15, -0.1) is 5.73 Å². The van der Waals surface area contributed by atoms with Crippen molar-refractivity contribution in [3.8, 4) is 0 Å². The lowest BCUT2D eigenvalue weighted by atomic mass is 10.1. The number of esters is 1. The van der Waals surface area contributed by atoms with E-state index in [1.165, 1.54) is 6.20 Å². The maximum atomic E-state index is 12.4. The first-order chi connectivity index (χ1) is 10.4. The molecule has 1 atom stereocenters. The monoisotopic (exact) mass is 296 g/mol. The Hall–Kier alpha value is -2.58. The van der Waals surface area contributed by atoms with Gasteiger partial charge in [0, 0.05) is 0 Å². The van der Waals surface area contributed by atoms with Crippen molar-refractivity contribution in [2.75, 3.05) is 0 Å². The van der Waals surface area contributed by atoms with Crippen molar-refractivity contribution < 1.29 is 9.53 Å². The largest absolute Gasteiger partial charge is 0.450 e. The molecule has 1 aromatic carbocycles. The summed E-state index contributed by atoms with van der Waals surface area (Å²) in [7, 11) is 0. The number of aromatic nitrogens is 2. The summed E-state index contributed by atoms with van der Waals surface area (Å²) in [5, 5.41) is 0. The highest BCUT2D eigenvalue weighted by atomic mass is 16.6. The van der Waals surface area contributed by atoms with Crippen LogP contribution in [0.25, 0.3) is 0 Å². The fourth-order valence-electron chi connectivity index (χ4n) is 2.23. The summed E-state index contributed by atoms with van der Waals surface area (Å²) in [5.41, 5.74) is 3.40. The summed E-state index contributed by atoms with van der Waals surface area (Å²) in [6.45, 7) is 9.09. The molecule has 4 nitrogen and oxygen atoms in total. The summed E-state index contributed by atoms with van der Waals surface area (Å²) in [5.74, 6) is -0.420. The summed E-state index contributed by atoms with van der Waals surface area (Å²) in [4.78, 5) is 16.5. The average Bonchev–Trinajstić information content (AvgIpc) is 2.96. The normalized spacial score (nSPS) is 12.3. The summed E-state index contributed by atoms with van der Waals surface area (Å²) in [6, 6.07) is 9.93. The van der Waals surface area contributed by atoms with E-state index in [1.54, 1.807) is 26.3 Å². The number of carbonyl (C=O) groups excluding carboxylic acids is 1. The highest BCUT2D eigenvalue weighted by molar-refractivity contribution is 5.87. The molecule has 0 saturated carbocycles. The van der Waals surface area contributed by atoms with Gasteiger partial charge in [-0.1, -0.05) is 36.9 Å². The molecule has 0 amide bonds. The van der Waals surface area contributed by atoms with Crippen LogP contribution in [-0.4, -0.2) is 21.1 Å². The Balaban J connectivity index is 2.26. The van der Waals surface area contributed by atoms with Crippen molar-refractivity contribution in [1.82, 2.24) is 9.55 Å². The average molecular weight is 296 g/mol. The summed E-state index contributed by atoms with van der Waals surface area (Å²) in [6.07, 6.45) is 4.78. The van der Waals surface area contributed by atoms with Crippen molar-refractivity contribution >= 4 is 5.97 Å². The van der Waals surface area contributed by atoms with Gasteiger partial charge in [-0.2, -0.15) is 0 Å². The topological polar surface area (TPSA) is 44.1 Å². The lowest BCUT2D eigenvalue weighted by Gasteiger charge is -2.22. The fraction of sp³-hybridized carbons (Fsp3) is 0.278. The predicted octanol–water partition coefficient (Wildman–Crippen LogP) is 3.77. The molecule has 1 heterocycles. The van der Waals surface area contributed by atoms with Crippen molar-refractivity contribution in [2.24, 2.45) is 0 Å². The zero-order valence-electron chi connectivity index (χ0n) is 13.1. The third kappa shape index (κ3) is 3.54. The Morgan fingerprint density at radius 2 is 2.09 bits per heavy atom. The maximum Gasteiger partial charge on any atom is 0.357 e. The van der Waals surface area contributed by atoms with E-state index >= 15 is 0 Å². The molecule has 0 fully saturated rings. The van der Waals surface area contributed by atoms with Gasteiger partial charge < -0.3 is 9.30 Å². The number of carbonyl (C=O) groups is 1. The highest BCUT2D eigenvalue weighted by Crippen LogP contribution is 2.21. The van der Waals surface area contributed by atoms with Crippen LogP contribution in [0.1, 0.15) is 42.9 Å². The van der Waals surface area contributed by atoms with Crippen LogP contribution in [0.3, 0.4) is 0 Å². The fourth-order valence-corrected chi connectivity index (χ4v) is 2.23. The number of hydrogen-bond acceptors (Lipinski definition) is 3. The van der Waals surface area contributed by atoms with Crippen LogP contribution in [0.2, 0.25) is 0 Å². The van der Waals surface area contributed by atoms with E-state index in [0.29, 0.717) is 5.69 Å². The quantitative estimate of drug-likeness (QED) is 0.623. The van der Waals surface area contributed by atoms with E-state index in [9.17, 15) is 4.79 Å². The first kappa shape index (κ1) is 15.8. The van der Waals surface area contributed by atoms with E-state index in [4.69, 9.17) is 4.74 Å². The summed E-state index contributed by atoms with van der Waals surface area (Å²) >= 11 is 0. The molecule has 0 aliphatic heterocycles. The molecule has 0 aliphatic carbocycles. The Morgan fingerprint density at radius 3 is 2.73 bits per heavy atom. The molecule has 22 heavy (non-hydrogen) atoms. The van der Waals surface area contributed by atoms with Gasteiger partial charge in [-0.25, -0.2) is 9.78 Å². The minimum atomic E-state index is -0.760. The predicted molar refractivity (Wildman–Crippen MR) is 85.7 cm³/mol. The van der Waals surface area contributed by atoms with E-state index < -0.39 is 11.6 Å². The third-order valence-corrected chi connectivity index (χ3v) is 3.38. The molecule has 0 N–H and O–H groups in total. The van der Waals surface area contributed by atoms with Gasteiger partial charge in [0.1, 0.15) is 11.3 Å². The summed E-state index contributed by atoms with van der Waals surface area (Å²) < 4.78 is 7.30. The Kier molecular flexibility index (Phi) is 4.64. The first-order valence-corrected chi connectivity index (χ1v) is 7.12. The van der Waals surface area contributed by atoms with E-state index in [-0.39, 0.29) is 6.04 Å². The highest BCUT2D eigenvalue weighted by Gasteiger charge is 2.24. The number of rotatable bonds is 5. The molecule has 0 saturated heterocycles. The first-order valence-electron chi connectivity index (χ1n) is 7.12. The number of hydrogen-bond donors (Lipinski definition) is 0. The van der Waals surface area contributed by atoms with Crippen LogP contribution >= 0.6 is 0 Å². The number of nitrogens with zero attached hydrogens (tertiary/aromatic N) is 2. The van der Waals surface area contributed by atoms with E-state index in [0.717, 1.165) is 5.56 Å². The molecule has 2 rings (SSSR count). The Morgan fingerprint density at radius 1 is 1.41 bits per heavy atom. The maximum absolute atomic E-state index is 12.4. The molecular formula is C18H20N2O2. The Labute approximate surface area is 130 Å². The third-order valence-electron chi connectivity index (χ3n) is 3.38. The van der Waals surface area contributed by atoms with E-state index in [1.807, 2.05) is 41.8 Å². The minimum Gasteiger partial charge on any atom is -0.450 e. The number of ether oxygens (including phenoxy) is 1. The number of benzene rings is 1. The SMILES string of the molecule is C=C=CC(C)(C)OC(=O)c1cncn1[C@H](C)c1ccccc1. The van der Waals surface area contributed by atoms with Crippen LogP contribution in [0.15, 0.2) is 61.2 Å². The van der Waals surface area contributed by atoms with Gasteiger partial charge in [-0.05, 0) is 32.4 Å². The van der Waals surface area contributed by atoms with Gasteiger partial charge in [0.2, 0.25) is 0 Å². The smallest absolute Gasteiger partial charge is 0.357 e. The van der Waals surface area contributed by atoms with Crippen LogP contribution < -0.4 is 0 Å². The van der Waals surface area contributed by atoms with Crippen LogP contribution in [0.5, 0.6) is 0 Å². The van der Waals surface area contributed by atoms with Crippen molar-refractivity contribution in [2.45, 2.75) is 32.4 Å². The van der Waals surface area contributed by atoms with Gasteiger partial charge in [0.05, 0.1) is 18.6 Å². The molecule has 0 radical (unpaired) electrons. The molecule has 4 heteroatoms. The molecule has 0 unspecified atom stereocenters. The second kappa shape index (κ2) is 6.46. The van der Waals surface area contributed by atoms with Gasteiger partial charge in [0.25, 0.3) is 0 Å². The molecule has 0 spiro atoms. The number of imidazole rings is 1. The van der Waals surface area contributed by atoms with Crippen LogP contribution in [0, 0.1) is 0 Å². The molecule has 1 aromatic heterocycles. The minimum absolute atomic E-state index is 0.00990. The second-order valence-electron chi connectivity index (χ2n) is 5.61. The molecule has 0 bridgehead atoms. The molecule has 114 valence electrons. The van der Waals surface area contributed by atoms with Gasteiger partial charge in [0.15, 0.2) is 0 Å². The molecule has 2 aromatic rings. The van der Waals surface area contributed by atoms with Crippen molar-refractivity contribution in [3.05, 3.63) is 72.5 Å². The van der Waals surface area contributed by atoms with Gasteiger partial charge in [-0.3, -0.25) is 0 Å². The lowest BCUT2D eigenvalue weighted by Crippen LogP contribution is -2.27. The van der Waals surface area contributed by atoms with Gasteiger partial charge >= 0.3 is 5.97 Å². The molecular weight excluding hydrogens is 276 g/mol.